The molecular formula is C8H8F7O3-. The molecule has 0 fully saturated rings. The van der Waals surface area contributed by atoms with Crippen LogP contribution in [0.4, 0.5) is 30.7 Å². The molecule has 0 aliphatic carbocycles. The third-order valence-electron chi connectivity index (χ3n) is 2.11. The summed E-state index contributed by atoms with van der Waals surface area (Å²) in [6.45, 7) is 0.970. The Balaban J connectivity index is 5.65. The van der Waals surface area contributed by atoms with Gasteiger partial charge in [0.25, 0.3) is 0 Å². The van der Waals surface area contributed by atoms with E-state index in [0.29, 0.717) is 0 Å². The molecule has 10 heteroatoms. The molecule has 0 bridgehead atoms. The molecule has 1 unspecified atom stereocenters. The number of hydrogen-bond acceptors (Lipinski definition) is 3. The van der Waals surface area contributed by atoms with Crippen LogP contribution in [0.25, 0.3) is 0 Å². The topological polar surface area (TPSA) is 60.4 Å². The molecule has 0 aromatic carbocycles. The monoisotopic (exact) mass is 285 g/mol. The largest absolute Gasteiger partial charge is 0.544 e. The Morgan fingerprint density at radius 3 is 1.78 bits per heavy atom. The predicted octanol–water partition coefficient (Wildman–Crippen LogP) is 1.10. The van der Waals surface area contributed by atoms with Crippen molar-refractivity contribution in [1.29, 1.82) is 0 Å². The van der Waals surface area contributed by atoms with Crippen LogP contribution < -0.4 is 5.11 Å². The first-order valence-corrected chi connectivity index (χ1v) is 4.52. The van der Waals surface area contributed by atoms with Gasteiger partial charge in [-0.15, -0.1) is 0 Å². The van der Waals surface area contributed by atoms with Gasteiger partial charge >= 0.3 is 23.6 Å². The van der Waals surface area contributed by atoms with Crippen LogP contribution in [0.3, 0.4) is 0 Å². The summed E-state index contributed by atoms with van der Waals surface area (Å²) in [4.78, 5) is 9.76. The minimum absolute atomic E-state index is 0.643. The van der Waals surface area contributed by atoms with Crippen molar-refractivity contribution in [2.45, 2.75) is 43.4 Å². The number of carboxylic acids is 1. The summed E-state index contributed by atoms with van der Waals surface area (Å²) in [5.41, 5.74) is 0. The van der Waals surface area contributed by atoms with Crippen molar-refractivity contribution < 1.29 is 45.7 Å². The minimum atomic E-state index is -6.31. The third kappa shape index (κ3) is 2.25. The standard InChI is InChI=1S/C8H9F7O3/c1-2-3-5(9,10)7(13,14)8(15,18)6(11,12)4(16)17/h18H,2-3H2,1H3,(H,16,17)/p-1. The average molecular weight is 285 g/mol. The van der Waals surface area contributed by atoms with Gasteiger partial charge in [0.2, 0.25) is 0 Å². The predicted molar refractivity (Wildman–Crippen MR) is 40.8 cm³/mol. The molecule has 0 amide bonds. The molecule has 3 nitrogen and oxygen atoms in total. The summed E-state index contributed by atoms with van der Waals surface area (Å²) in [7, 11) is 0. The zero-order valence-electron chi connectivity index (χ0n) is 8.82. The number of rotatable bonds is 6. The van der Waals surface area contributed by atoms with E-state index in [-0.39, 0.29) is 0 Å². The number of aliphatic hydroxyl groups is 1. The lowest BCUT2D eigenvalue weighted by molar-refractivity contribution is -0.411. The van der Waals surface area contributed by atoms with Crippen LogP contribution in [0.1, 0.15) is 19.8 Å². The molecule has 0 radical (unpaired) electrons. The van der Waals surface area contributed by atoms with Gasteiger partial charge in [0, 0.05) is 6.42 Å². The van der Waals surface area contributed by atoms with E-state index in [1.807, 2.05) is 0 Å². The van der Waals surface area contributed by atoms with Crippen molar-refractivity contribution in [3.8, 4) is 0 Å². The highest BCUT2D eigenvalue weighted by molar-refractivity contribution is 5.74. The molecular weight excluding hydrogens is 277 g/mol. The van der Waals surface area contributed by atoms with Gasteiger partial charge in [-0.25, -0.2) is 0 Å². The molecule has 0 aliphatic heterocycles. The number of aliphatic carboxylic acids is 1. The summed E-state index contributed by atoms with van der Waals surface area (Å²) in [6.07, 6.45) is -2.37. The van der Waals surface area contributed by atoms with Crippen molar-refractivity contribution in [1.82, 2.24) is 0 Å². The number of alkyl halides is 7. The first kappa shape index (κ1) is 16.9. The summed E-state index contributed by atoms with van der Waals surface area (Å²) in [6, 6.07) is 0. The Hall–Kier alpha value is -1.06. The first-order chi connectivity index (χ1) is 7.75. The van der Waals surface area contributed by atoms with Crippen molar-refractivity contribution in [2.24, 2.45) is 0 Å². The maximum absolute atomic E-state index is 12.9. The zero-order chi connectivity index (χ0) is 15.0. The van der Waals surface area contributed by atoms with Gasteiger partial charge in [0.15, 0.2) is 0 Å². The van der Waals surface area contributed by atoms with Gasteiger partial charge in [-0.3, -0.25) is 0 Å². The lowest BCUT2D eigenvalue weighted by atomic mass is 9.94. The number of hydrogen-bond donors (Lipinski definition) is 1. The van der Waals surface area contributed by atoms with E-state index < -0.39 is 42.4 Å². The van der Waals surface area contributed by atoms with E-state index in [1.165, 1.54) is 0 Å². The van der Waals surface area contributed by atoms with Crippen molar-refractivity contribution in [3.63, 3.8) is 0 Å². The van der Waals surface area contributed by atoms with Gasteiger partial charge in [0.05, 0.1) is 0 Å². The Morgan fingerprint density at radius 2 is 1.50 bits per heavy atom. The summed E-state index contributed by atoms with van der Waals surface area (Å²) < 4.78 is 89.2. The number of carbonyl (C=O) groups excluding carboxylic acids is 1. The van der Waals surface area contributed by atoms with Gasteiger partial charge < -0.3 is 15.0 Å². The van der Waals surface area contributed by atoms with Crippen LogP contribution in [0, 0.1) is 0 Å². The van der Waals surface area contributed by atoms with Gasteiger partial charge in [-0.05, 0) is 0 Å². The second kappa shape index (κ2) is 4.56. The fourth-order valence-corrected chi connectivity index (χ4v) is 1.05. The molecule has 1 atom stereocenters. The first-order valence-electron chi connectivity index (χ1n) is 4.52. The third-order valence-corrected chi connectivity index (χ3v) is 2.11. The second-order valence-corrected chi connectivity index (χ2v) is 3.51. The van der Waals surface area contributed by atoms with Crippen molar-refractivity contribution in [3.05, 3.63) is 0 Å². The molecule has 0 saturated heterocycles. The SMILES string of the molecule is CCCC(F)(F)C(F)(F)C(O)(F)C(F)(F)C(=O)[O-]. The van der Waals surface area contributed by atoms with Crippen LogP contribution in [0.2, 0.25) is 0 Å². The Kier molecular flexibility index (Phi) is 4.29. The molecule has 0 spiro atoms. The molecule has 0 rings (SSSR count). The number of halogens is 7. The smallest absolute Gasteiger partial charge is 0.373 e. The highest BCUT2D eigenvalue weighted by Crippen LogP contribution is 2.51. The average Bonchev–Trinajstić information content (AvgIpc) is 2.16. The summed E-state index contributed by atoms with van der Waals surface area (Å²) in [5, 5.41) is 18.0. The lowest BCUT2D eigenvalue weighted by Gasteiger charge is -2.38. The maximum Gasteiger partial charge on any atom is 0.373 e. The quantitative estimate of drug-likeness (QED) is 0.743. The number of carbonyl (C=O) groups is 1. The highest BCUT2D eigenvalue weighted by Gasteiger charge is 2.78. The fourth-order valence-electron chi connectivity index (χ4n) is 1.05. The molecule has 0 saturated carbocycles. The summed E-state index contributed by atoms with van der Waals surface area (Å²) >= 11 is 0. The summed E-state index contributed by atoms with van der Waals surface area (Å²) in [5.74, 6) is -27.9. The van der Waals surface area contributed by atoms with E-state index in [1.54, 1.807) is 0 Å². The van der Waals surface area contributed by atoms with Gasteiger partial charge in [-0.2, -0.15) is 30.7 Å². The normalized spacial score (nSPS) is 17.4. The molecule has 18 heavy (non-hydrogen) atoms. The van der Waals surface area contributed by atoms with Crippen LogP contribution in [0.15, 0.2) is 0 Å². The van der Waals surface area contributed by atoms with E-state index in [2.05, 4.69) is 0 Å². The molecule has 0 aromatic heterocycles. The van der Waals surface area contributed by atoms with E-state index in [4.69, 9.17) is 5.11 Å². The maximum atomic E-state index is 12.9. The van der Waals surface area contributed by atoms with E-state index >= 15 is 0 Å². The minimum Gasteiger partial charge on any atom is -0.544 e. The highest BCUT2D eigenvalue weighted by atomic mass is 19.3. The van der Waals surface area contributed by atoms with E-state index in [0.717, 1.165) is 6.92 Å². The Labute approximate surface area is 96.2 Å². The fraction of sp³-hybridized carbons (Fsp3) is 0.875. The van der Waals surface area contributed by atoms with Crippen molar-refractivity contribution in [2.75, 3.05) is 0 Å². The Morgan fingerprint density at radius 1 is 1.11 bits per heavy atom. The van der Waals surface area contributed by atoms with E-state index in [9.17, 15) is 40.6 Å². The van der Waals surface area contributed by atoms with Crippen molar-refractivity contribution >= 4 is 5.97 Å². The molecule has 1 N–H and O–H groups in total. The van der Waals surface area contributed by atoms with Crippen LogP contribution in [-0.4, -0.2) is 34.7 Å². The number of carboxylic acid groups (broad SMARTS) is 1. The zero-order valence-corrected chi connectivity index (χ0v) is 8.82. The van der Waals surface area contributed by atoms with Crippen LogP contribution in [-0.2, 0) is 4.79 Å². The van der Waals surface area contributed by atoms with Crippen LogP contribution >= 0.6 is 0 Å². The molecule has 0 aliphatic rings. The Bertz CT molecular complexity index is 327. The lowest BCUT2D eigenvalue weighted by Crippen LogP contribution is -2.68. The second-order valence-electron chi connectivity index (χ2n) is 3.51. The molecule has 0 aromatic rings. The van der Waals surface area contributed by atoms with Crippen LogP contribution in [0.5, 0.6) is 0 Å². The molecule has 0 heterocycles. The van der Waals surface area contributed by atoms with Gasteiger partial charge in [-0.1, -0.05) is 13.3 Å². The van der Waals surface area contributed by atoms with Gasteiger partial charge in [0.1, 0.15) is 5.97 Å². The molecule has 108 valence electrons.